The van der Waals surface area contributed by atoms with Crippen molar-refractivity contribution in [2.45, 2.75) is 31.7 Å². The average molecular weight is 344 g/mol. The van der Waals surface area contributed by atoms with Gasteiger partial charge in [0.25, 0.3) is 7.82 Å². The maximum Gasteiger partial charge on any atom is 1.00 e. The van der Waals surface area contributed by atoms with Crippen LogP contribution in [0, 0.1) is 5.92 Å². The van der Waals surface area contributed by atoms with Crippen molar-refractivity contribution in [3.8, 4) is 0 Å². The van der Waals surface area contributed by atoms with Gasteiger partial charge in [0.05, 0.1) is 6.10 Å². The van der Waals surface area contributed by atoms with Gasteiger partial charge in [-0.3, -0.25) is 4.57 Å². The van der Waals surface area contributed by atoms with Crippen molar-refractivity contribution in [1.29, 1.82) is 0 Å². The molecule has 0 amide bonds. The summed E-state index contributed by atoms with van der Waals surface area (Å²) in [5, 5.41) is 18.6. The molecule has 0 radical (unpaired) electrons. The fourth-order valence-corrected chi connectivity index (χ4v) is 2.33. The summed E-state index contributed by atoms with van der Waals surface area (Å²) in [5.41, 5.74) is 0. The van der Waals surface area contributed by atoms with Crippen LogP contribution in [0.25, 0.3) is 0 Å². The Bertz CT molecular complexity index is 460. The number of hydrogen-bond donors (Lipinski definition) is 3. The second-order valence-corrected chi connectivity index (χ2v) is 5.84. The van der Waals surface area contributed by atoms with Crippen molar-refractivity contribution in [3.05, 3.63) is 24.3 Å². The SMILES string of the molecule is C[C@@H](CO)[C@H](C/C=C/[C@@H]1OC(=O)C=C[C@@H]1O)OP(=O)([O-])O.[Na+]. The van der Waals surface area contributed by atoms with E-state index in [-0.39, 0.29) is 42.6 Å². The zero-order valence-electron chi connectivity index (χ0n) is 12.4. The number of hydrogen-bond acceptors (Lipinski definition) is 7. The molecule has 8 nitrogen and oxygen atoms in total. The smallest absolute Gasteiger partial charge is 0.756 e. The molecule has 0 fully saturated rings. The molecule has 22 heavy (non-hydrogen) atoms. The summed E-state index contributed by atoms with van der Waals surface area (Å²) in [4.78, 5) is 30.5. The predicted molar refractivity (Wildman–Crippen MR) is 69.7 cm³/mol. The van der Waals surface area contributed by atoms with Crippen molar-refractivity contribution in [2.24, 2.45) is 5.92 Å². The van der Waals surface area contributed by atoms with Gasteiger partial charge in [-0.25, -0.2) is 4.79 Å². The Balaban J connectivity index is 0.00000441. The van der Waals surface area contributed by atoms with E-state index in [1.165, 1.54) is 18.2 Å². The Hall–Kier alpha value is -0.0200. The van der Waals surface area contributed by atoms with Gasteiger partial charge in [0.15, 0.2) is 0 Å². The topological polar surface area (TPSA) is 136 Å². The van der Waals surface area contributed by atoms with Gasteiger partial charge in [-0.2, -0.15) is 0 Å². The molecular weight excluding hydrogens is 326 g/mol. The molecule has 1 unspecified atom stereocenters. The van der Waals surface area contributed by atoms with Crippen LogP contribution in [0.4, 0.5) is 0 Å². The fraction of sp³-hybridized carbons (Fsp3) is 0.583. The molecule has 0 aromatic carbocycles. The van der Waals surface area contributed by atoms with E-state index in [0.29, 0.717) is 0 Å². The number of aliphatic hydroxyl groups is 2. The summed E-state index contributed by atoms with van der Waals surface area (Å²) >= 11 is 0. The van der Waals surface area contributed by atoms with E-state index in [0.717, 1.165) is 6.08 Å². The van der Waals surface area contributed by atoms with Crippen molar-refractivity contribution in [2.75, 3.05) is 6.61 Å². The van der Waals surface area contributed by atoms with Crippen LogP contribution < -0.4 is 34.5 Å². The third kappa shape index (κ3) is 8.01. The molecule has 0 bridgehead atoms. The molecule has 0 aromatic rings. The van der Waals surface area contributed by atoms with Crippen LogP contribution >= 0.6 is 7.82 Å². The van der Waals surface area contributed by atoms with Gasteiger partial charge in [0.1, 0.15) is 12.2 Å². The van der Waals surface area contributed by atoms with Crippen LogP contribution in [0.1, 0.15) is 13.3 Å². The Labute approximate surface area is 150 Å². The molecule has 1 rings (SSSR count). The van der Waals surface area contributed by atoms with Gasteiger partial charge in [0, 0.05) is 18.6 Å². The first kappa shape index (κ1) is 22.0. The van der Waals surface area contributed by atoms with Crippen molar-refractivity contribution in [1.82, 2.24) is 0 Å². The van der Waals surface area contributed by atoms with Crippen molar-refractivity contribution in [3.63, 3.8) is 0 Å². The van der Waals surface area contributed by atoms with Gasteiger partial charge in [-0.05, 0) is 18.6 Å². The first-order valence-corrected chi connectivity index (χ1v) is 7.79. The van der Waals surface area contributed by atoms with Crippen LogP contribution in [0.3, 0.4) is 0 Å². The van der Waals surface area contributed by atoms with E-state index in [4.69, 9.17) is 14.7 Å². The van der Waals surface area contributed by atoms with E-state index < -0.39 is 38.0 Å². The van der Waals surface area contributed by atoms with E-state index in [2.05, 4.69) is 4.52 Å². The summed E-state index contributed by atoms with van der Waals surface area (Å²) in [6.45, 7) is 1.22. The van der Waals surface area contributed by atoms with E-state index in [9.17, 15) is 19.4 Å². The molecule has 1 aliphatic rings. The van der Waals surface area contributed by atoms with E-state index in [1.54, 1.807) is 6.92 Å². The minimum absolute atomic E-state index is 0. The van der Waals surface area contributed by atoms with Gasteiger partial charge in [-0.15, -0.1) is 0 Å². The predicted octanol–water partition coefficient (Wildman–Crippen LogP) is -3.75. The van der Waals surface area contributed by atoms with Gasteiger partial charge >= 0.3 is 35.5 Å². The monoisotopic (exact) mass is 344 g/mol. The zero-order chi connectivity index (χ0) is 16.0. The van der Waals surface area contributed by atoms with E-state index >= 15 is 0 Å². The second-order valence-electron chi connectivity index (χ2n) is 4.69. The summed E-state index contributed by atoms with van der Waals surface area (Å²) in [7, 11) is -4.92. The van der Waals surface area contributed by atoms with Crippen molar-refractivity contribution < 1.29 is 68.2 Å². The minimum Gasteiger partial charge on any atom is -0.756 e. The molecular formula is C12H18NaO8P. The molecule has 0 aromatic heterocycles. The number of aliphatic hydroxyl groups excluding tert-OH is 2. The molecule has 10 heteroatoms. The minimum atomic E-state index is -4.92. The van der Waals surface area contributed by atoms with Crippen LogP contribution in [-0.4, -0.2) is 46.0 Å². The molecule has 5 atom stereocenters. The summed E-state index contributed by atoms with van der Waals surface area (Å²) < 4.78 is 20.1. The molecule has 0 aliphatic carbocycles. The van der Waals surface area contributed by atoms with Crippen LogP contribution in [0.15, 0.2) is 24.3 Å². The molecule has 0 spiro atoms. The van der Waals surface area contributed by atoms with Crippen molar-refractivity contribution >= 4 is 13.8 Å². The van der Waals surface area contributed by atoms with Crippen LogP contribution in [0.2, 0.25) is 0 Å². The molecule has 120 valence electrons. The number of phosphoric acid groups is 1. The van der Waals surface area contributed by atoms with Gasteiger partial charge in [0.2, 0.25) is 0 Å². The van der Waals surface area contributed by atoms with Gasteiger partial charge < -0.3 is 29.3 Å². The van der Waals surface area contributed by atoms with Gasteiger partial charge in [-0.1, -0.05) is 13.0 Å². The van der Waals surface area contributed by atoms with Crippen LogP contribution in [0.5, 0.6) is 0 Å². The summed E-state index contributed by atoms with van der Waals surface area (Å²) in [5.74, 6) is -1.13. The quantitative estimate of drug-likeness (QED) is 0.185. The molecule has 0 saturated carbocycles. The third-order valence-corrected chi connectivity index (χ3v) is 3.44. The number of esters is 1. The Morgan fingerprint density at radius 2 is 2.23 bits per heavy atom. The Kier molecular flexibility index (Phi) is 9.96. The number of cyclic esters (lactones) is 1. The number of carbonyl (C=O) groups is 1. The number of ether oxygens (including phenoxy) is 1. The number of phosphoric ester groups is 1. The first-order chi connectivity index (χ1) is 9.73. The molecule has 0 saturated heterocycles. The summed E-state index contributed by atoms with van der Waals surface area (Å²) in [6, 6.07) is 0. The molecule has 1 aliphatic heterocycles. The first-order valence-electron chi connectivity index (χ1n) is 6.29. The summed E-state index contributed by atoms with van der Waals surface area (Å²) in [6.07, 6.45) is 2.44. The maximum atomic E-state index is 11.0. The third-order valence-electron chi connectivity index (χ3n) is 2.90. The average Bonchev–Trinajstić information content (AvgIpc) is 2.39. The Morgan fingerprint density at radius 1 is 1.59 bits per heavy atom. The Morgan fingerprint density at radius 3 is 2.77 bits per heavy atom. The number of rotatable bonds is 7. The zero-order valence-corrected chi connectivity index (χ0v) is 15.3. The van der Waals surface area contributed by atoms with Crippen LogP contribution in [-0.2, 0) is 18.6 Å². The standard InChI is InChI=1S/C12H19O8P.Na/c1-8(7-13)10(20-21(16,17)18)3-2-4-11-9(14)5-6-12(15)19-11;/h2,4-6,8-11,13-14H,3,7H2,1H3,(H2,16,17,18);/q;+1/p-1/b4-2+;/t8-,9-,10-,11-;/m0./s1. The molecule has 1 heterocycles. The fourth-order valence-electron chi connectivity index (χ4n) is 1.70. The largest absolute Gasteiger partial charge is 1.00 e. The normalized spacial score (nSPS) is 26.9. The second kappa shape index (κ2) is 9.97. The number of carbonyl (C=O) groups excluding carboxylic acids is 1. The molecule has 3 N–H and O–H groups in total. The maximum absolute atomic E-state index is 11.0. The van der Waals surface area contributed by atoms with E-state index in [1.807, 2.05) is 0 Å².